The second kappa shape index (κ2) is 8.30. The highest BCUT2D eigenvalue weighted by atomic mass is 19.4. The summed E-state index contributed by atoms with van der Waals surface area (Å²) in [4.78, 5) is 21.0. The normalized spacial score (nSPS) is 11.8. The molecule has 172 valence electrons. The molecular weight excluding hydrogens is 449 g/mol. The Kier molecular flexibility index (Phi) is 5.86. The minimum atomic E-state index is -4.98. The smallest absolute Gasteiger partial charge is 0.502 e. The fraction of sp³-hybridized carbons (Fsp3) is 0.143. The van der Waals surface area contributed by atoms with Crippen molar-refractivity contribution in [3.05, 3.63) is 97.6 Å². The predicted octanol–water partition coefficient (Wildman–Crippen LogP) is 5.17. The summed E-state index contributed by atoms with van der Waals surface area (Å²) >= 11 is 0. The van der Waals surface area contributed by atoms with E-state index in [1.54, 1.807) is 0 Å². The van der Waals surface area contributed by atoms with Crippen molar-refractivity contribution < 1.29 is 38.0 Å². The summed E-state index contributed by atoms with van der Waals surface area (Å²) in [5, 5.41) is 42.4. The molecule has 3 rings (SSSR count). The van der Waals surface area contributed by atoms with Crippen LogP contribution in [0, 0.1) is 20.2 Å². The standard InChI is InChI=1S/C21H15F3N2O7/c1-20(13-5-7-18(27)16(10-13)25(29)30,14-6-8-19(28)17(11-14)26(31)32)12-3-2-4-15(9-12)33-21(22,23)24/h2-11,27-28H,1H3. The number of alkyl halides is 3. The van der Waals surface area contributed by atoms with E-state index >= 15 is 0 Å². The average Bonchev–Trinajstić information content (AvgIpc) is 2.72. The second-order valence-electron chi connectivity index (χ2n) is 7.12. The first kappa shape index (κ1) is 23.3. The van der Waals surface area contributed by atoms with Crippen LogP contribution in [0.15, 0.2) is 60.7 Å². The molecule has 0 aliphatic heterocycles. The molecule has 0 aliphatic carbocycles. The molecule has 0 spiro atoms. The van der Waals surface area contributed by atoms with E-state index in [1.807, 2.05) is 0 Å². The summed E-state index contributed by atoms with van der Waals surface area (Å²) in [6.45, 7) is 1.48. The quantitative estimate of drug-likeness (QED) is 0.292. The van der Waals surface area contributed by atoms with Crippen LogP contribution in [-0.2, 0) is 5.41 Å². The third-order valence-corrected chi connectivity index (χ3v) is 5.14. The minimum absolute atomic E-state index is 0.135. The lowest BCUT2D eigenvalue weighted by Gasteiger charge is -2.32. The molecule has 0 heterocycles. The maximum Gasteiger partial charge on any atom is 0.573 e. The molecule has 0 bridgehead atoms. The molecule has 2 N–H and O–H groups in total. The number of hydrogen-bond acceptors (Lipinski definition) is 7. The first-order valence-electron chi connectivity index (χ1n) is 9.15. The molecule has 3 aromatic carbocycles. The molecule has 12 heteroatoms. The van der Waals surface area contributed by atoms with Crippen molar-refractivity contribution in [3.63, 3.8) is 0 Å². The number of ether oxygens (including phenoxy) is 1. The molecule has 3 aromatic rings. The van der Waals surface area contributed by atoms with E-state index < -0.39 is 50.2 Å². The zero-order chi connectivity index (χ0) is 24.6. The van der Waals surface area contributed by atoms with Gasteiger partial charge in [-0.1, -0.05) is 24.3 Å². The Morgan fingerprint density at radius 2 is 1.24 bits per heavy atom. The molecule has 0 aliphatic rings. The van der Waals surface area contributed by atoms with Crippen molar-refractivity contribution in [2.24, 2.45) is 0 Å². The first-order chi connectivity index (χ1) is 15.3. The molecule has 0 amide bonds. The number of phenols is 2. The van der Waals surface area contributed by atoms with Crippen LogP contribution in [-0.4, -0.2) is 26.4 Å². The summed E-state index contributed by atoms with van der Waals surface area (Å²) < 4.78 is 42.3. The van der Waals surface area contributed by atoms with Gasteiger partial charge >= 0.3 is 17.7 Å². The minimum Gasteiger partial charge on any atom is -0.502 e. The topological polar surface area (TPSA) is 136 Å². The number of aromatic hydroxyl groups is 2. The van der Waals surface area contributed by atoms with E-state index in [1.165, 1.54) is 31.2 Å². The van der Waals surface area contributed by atoms with Gasteiger partial charge in [0.15, 0.2) is 11.5 Å². The molecule has 9 nitrogen and oxygen atoms in total. The van der Waals surface area contributed by atoms with E-state index in [0.29, 0.717) is 0 Å². The SMILES string of the molecule is CC(c1cccc(OC(F)(F)F)c1)(c1ccc(O)c([N+](=O)[O-])c1)c1ccc(O)c([N+](=O)[O-])c1. The molecular formula is C21H15F3N2O7. The van der Waals surface area contributed by atoms with Crippen LogP contribution in [0.4, 0.5) is 24.5 Å². The fourth-order valence-corrected chi connectivity index (χ4v) is 3.47. The van der Waals surface area contributed by atoms with Gasteiger partial charge in [0.25, 0.3) is 0 Å². The third-order valence-electron chi connectivity index (χ3n) is 5.14. The zero-order valence-electron chi connectivity index (χ0n) is 16.7. The molecule has 0 radical (unpaired) electrons. The summed E-state index contributed by atoms with van der Waals surface area (Å²) in [7, 11) is 0. The van der Waals surface area contributed by atoms with E-state index in [-0.39, 0.29) is 16.7 Å². The van der Waals surface area contributed by atoms with Crippen molar-refractivity contribution in [2.45, 2.75) is 18.7 Å². The Bertz CT molecular complexity index is 1180. The molecule has 0 saturated heterocycles. The number of nitro benzene ring substituents is 2. The maximum atomic E-state index is 12.8. The lowest BCUT2D eigenvalue weighted by atomic mass is 9.70. The number of benzene rings is 3. The lowest BCUT2D eigenvalue weighted by Crippen LogP contribution is -2.26. The van der Waals surface area contributed by atoms with Gasteiger partial charge in [-0.15, -0.1) is 13.2 Å². The Morgan fingerprint density at radius 3 is 1.67 bits per heavy atom. The van der Waals surface area contributed by atoms with E-state index in [9.17, 15) is 43.6 Å². The summed E-state index contributed by atoms with van der Waals surface area (Å²) in [6, 6.07) is 11.5. The number of rotatable bonds is 6. The van der Waals surface area contributed by atoms with Crippen molar-refractivity contribution in [2.75, 3.05) is 0 Å². The number of hydrogen-bond donors (Lipinski definition) is 2. The van der Waals surface area contributed by atoms with Gasteiger partial charge in [-0.25, -0.2) is 0 Å². The van der Waals surface area contributed by atoms with Gasteiger partial charge in [0.1, 0.15) is 5.75 Å². The lowest BCUT2D eigenvalue weighted by molar-refractivity contribution is -0.386. The van der Waals surface area contributed by atoms with Crippen LogP contribution in [0.1, 0.15) is 23.6 Å². The average molecular weight is 464 g/mol. The Labute approximate surface area is 183 Å². The zero-order valence-corrected chi connectivity index (χ0v) is 16.7. The van der Waals surface area contributed by atoms with Crippen molar-refractivity contribution in [3.8, 4) is 17.2 Å². The monoisotopic (exact) mass is 464 g/mol. The Morgan fingerprint density at radius 1 is 0.788 bits per heavy atom. The van der Waals surface area contributed by atoms with E-state index in [2.05, 4.69) is 4.74 Å². The summed E-state index contributed by atoms with van der Waals surface area (Å²) in [6.07, 6.45) is -4.98. The second-order valence-corrected chi connectivity index (χ2v) is 7.12. The van der Waals surface area contributed by atoms with Gasteiger partial charge in [0, 0.05) is 17.5 Å². The van der Waals surface area contributed by atoms with Gasteiger partial charge in [-0.2, -0.15) is 0 Å². The third kappa shape index (κ3) is 4.63. The van der Waals surface area contributed by atoms with Crippen LogP contribution >= 0.6 is 0 Å². The largest absolute Gasteiger partial charge is 0.573 e. The number of nitro groups is 2. The van der Waals surface area contributed by atoms with Crippen LogP contribution < -0.4 is 4.74 Å². The van der Waals surface area contributed by atoms with Crippen LogP contribution in [0.5, 0.6) is 17.2 Å². The van der Waals surface area contributed by atoms with E-state index in [4.69, 9.17) is 0 Å². The van der Waals surface area contributed by atoms with Gasteiger partial charge < -0.3 is 14.9 Å². The summed E-state index contributed by atoms with van der Waals surface area (Å²) in [5.74, 6) is -1.86. The van der Waals surface area contributed by atoms with Crippen LogP contribution in [0.3, 0.4) is 0 Å². The highest BCUT2D eigenvalue weighted by molar-refractivity contribution is 5.60. The number of nitrogens with zero attached hydrogens (tertiary/aromatic N) is 2. The fourth-order valence-electron chi connectivity index (χ4n) is 3.47. The van der Waals surface area contributed by atoms with Crippen molar-refractivity contribution >= 4 is 11.4 Å². The maximum absolute atomic E-state index is 12.8. The van der Waals surface area contributed by atoms with Gasteiger partial charge in [0.2, 0.25) is 0 Å². The predicted molar refractivity (Wildman–Crippen MR) is 108 cm³/mol. The van der Waals surface area contributed by atoms with Crippen LogP contribution in [0.25, 0.3) is 0 Å². The van der Waals surface area contributed by atoms with Gasteiger partial charge in [-0.05, 0) is 47.9 Å². The molecule has 0 saturated carbocycles. The van der Waals surface area contributed by atoms with Crippen molar-refractivity contribution in [1.82, 2.24) is 0 Å². The molecule has 0 atom stereocenters. The summed E-state index contributed by atoms with van der Waals surface area (Å²) in [5.41, 5.74) is -2.43. The van der Waals surface area contributed by atoms with Crippen LogP contribution in [0.2, 0.25) is 0 Å². The van der Waals surface area contributed by atoms with E-state index in [0.717, 1.165) is 36.4 Å². The number of phenolic OH excluding ortho intramolecular Hbond substituents is 2. The Balaban J connectivity index is 2.32. The number of halogens is 3. The van der Waals surface area contributed by atoms with Crippen molar-refractivity contribution in [1.29, 1.82) is 0 Å². The molecule has 33 heavy (non-hydrogen) atoms. The Hall–Kier alpha value is -4.35. The first-order valence-corrected chi connectivity index (χ1v) is 9.15. The van der Waals surface area contributed by atoms with Gasteiger partial charge in [0.05, 0.1) is 9.85 Å². The molecule has 0 aromatic heterocycles. The molecule has 0 unspecified atom stereocenters. The highest BCUT2D eigenvalue weighted by Gasteiger charge is 2.36. The highest BCUT2D eigenvalue weighted by Crippen LogP contribution is 2.44. The van der Waals surface area contributed by atoms with Gasteiger partial charge in [-0.3, -0.25) is 20.2 Å². The molecule has 0 fully saturated rings.